The van der Waals surface area contributed by atoms with Crippen LogP contribution in [0.2, 0.25) is 5.02 Å². The molecule has 0 aliphatic heterocycles. The van der Waals surface area contributed by atoms with Crippen molar-refractivity contribution in [2.75, 3.05) is 0 Å². The number of carbonyl (C=O) groups excluding carboxylic acids is 1. The van der Waals surface area contributed by atoms with Crippen molar-refractivity contribution in [3.63, 3.8) is 0 Å². The molecule has 4 aliphatic rings. The average Bonchev–Trinajstić information content (AvgIpc) is 2.46. The first kappa shape index (κ1) is 14.9. The van der Waals surface area contributed by atoms with E-state index >= 15 is 0 Å². The highest BCUT2D eigenvalue weighted by atomic mass is 35.5. The molecule has 4 aliphatic carbocycles. The highest BCUT2D eigenvalue weighted by Crippen LogP contribution is 2.62. The molecule has 0 amide bonds. The second kappa shape index (κ2) is 5.45. The summed E-state index contributed by atoms with van der Waals surface area (Å²) in [6, 6.07) is 7.12. The van der Waals surface area contributed by atoms with Gasteiger partial charge in [0.15, 0.2) is 0 Å². The number of rotatable bonds is 4. The second-order valence-corrected chi connectivity index (χ2v) is 9.60. The van der Waals surface area contributed by atoms with Gasteiger partial charge in [0.05, 0.1) is 10.8 Å². The van der Waals surface area contributed by atoms with Gasteiger partial charge in [-0.2, -0.15) is 0 Å². The van der Waals surface area contributed by atoms with Gasteiger partial charge in [0.2, 0.25) is 0 Å². The van der Waals surface area contributed by atoms with E-state index in [1.807, 2.05) is 0 Å². The minimum atomic E-state index is -1.27. The van der Waals surface area contributed by atoms with Gasteiger partial charge in [-0.25, -0.2) is 0 Å². The van der Waals surface area contributed by atoms with Crippen LogP contribution in [0.5, 0.6) is 0 Å². The van der Waals surface area contributed by atoms with Crippen molar-refractivity contribution in [2.24, 2.45) is 23.2 Å². The molecular weight excluding hydrogens is 316 g/mol. The fourth-order valence-corrected chi connectivity index (χ4v) is 7.33. The number of halogens is 1. The Hall–Kier alpha value is -0.670. The van der Waals surface area contributed by atoms with Gasteiger partial charge < -0.3 is 4.79 Å². The van der Waals surface area contributed by atoms with Crippen molar-refractivity contribution < 1.29 is 9.00 Å². The van der Waals surface area contributed by atoms with E-state index in [2.05, 4.69) is 0 Å². The molecule has 0 N–H and O–H groups in total. The molecule has 2 atom stereocenters. The predicted molar refractivity (Wildman–Crippen MR) is 88.3 cm³/mol. The van der Waals surface area contributed by atoms with Gasteiger partial charge in [0.1, 0.15) is 11.5 Å². The second-order valence-electron chi connectivity index (χ2n) is 7.59. The van der Waals surface area contributed by atoms with Gasteiger partial charge in [0.25, 0.3) is 0 Å². The van der Waals surface area contributed by atoms with Crippen molar-refractivity contribution in [1.29, 1.82) is 0 Å². The van der Waals surface area contributed by atoms with Crippen molar-refractivity contribution >= 4 is 28.7 Å². The lowest BCUT2D eigenvalue weighted by Gasteiger charge is -2.58. The molecule has 0 saturated heterocycles. The molecule has 4 bridgehead atoms. The zero-order valence-corrected chi connectivity index (χ0v) is 14.1. The van der Waals surface area contributed by atoms with Gasteiger partial charge in [-0.15, -0.1) is 0 Å². The summed E-state index contributed by atoms with van der Waals surface area (Å²) in [4.78, 5) is 12.6. The minimum absolute atomic E-state index is 0.0129. The maximum absolute atomic E-state index is 13.0. The maximum Gasteiger partial charge on any atom is 0.136 e. The van der Waals surface area contributed by atoms with E-state index in [0.29, 0.717) is 5.02 Å². The Balaban J connectivity index is 1.65. The topological polar surface area (TPSA) is 34.1 Å². The first-order chi connectivity index (χ1) is 10.6. The van der Waals surface area contributed by atoms with Crippen LogP contribution in [-0.2, 0) is 15.6 Å². The van der Waals surface area contributed by atoms with Gasteiger partial charge in [-0.3, -0.25) is 4.21 Å². The third-order valence-electron chi connectivity index (χ3n) is 6.09. The van der Waals surface area contributed by atoms with E-state index in [1.54, 1.807) is 24.3 Å². The van der Waals surface area contributed by atoms with Gasteiger partial charge in [-0.1, -0.05) is 11.6 Å². The standard InChI is InChI=1S/C18H21ClO2S/c19-15-1-3-16(4-2-15)22(21)17(11-20)18-8-12-5-13(9-18)7-14(6-12)10-18/h1-4,11-14,17H,5-10H2. The van der Waals surface area contributed by atoms with E-state index in [9.17, 15) is 9.00 Å². The number of carbonyl (C=O) groups is 1. The summed E-state index contributed by atoms with van der Waals surface area (Å²) in [5.41, 5.74) is -0.0129. The number of aldehydes is 1. The molecule has 5 rings (SSSR count). The number of hydrogen-bond acceptors (Lipinski definition) is 2. The van der Waals surface area contributed by atoms with Crippen molar-refractivity contribution in [1.82, 2.24) is 0 Å². The molecule has 4 fully saturated rings. The van der Waals surface area contributed by atoms with Crippen molar-refractivity contribution in [2.45, 2.75) is 48.7 Å². The quantitative estimate of drug-likeness (QED) is 0.771. The van der Waals surface area contributed by atoms with E-state index in [0.717, 1.165) is 48.2 Å². The summed E-state index contributed by atoms with van der Waals surface area (Å²) in [6.45, 7) is 0. The summed E-state index contributed by atoms with van der Waals surface area (Å²) in [5.74, 6) is 2.28. The minimum Gasteiger partial charge on any atom is -0.302 e. The third kappa shape index (κ3) is 2.37. The Bertz CT molecular complexity index is 575. The molecule has 1 aromatic carbocycles. The van der Waals surface area contributed by atoms with E-state index < -0.39 is 10.8 Å². The monoisotopic (exact) mass is 336 g/mol. The van der Waals surface area contributed by atoms with Gasteiger partial charge in [0, 0.05) is 9.92 Å². The largest absolute Gasteiger partial charge is 0.302 e. The molecule has 4 heteroatoms. The van der Waals surface area contributed by atoms with Crippen molar-refractivity contribution in [3.05, 3.63) is 29.3 Å². The highest BCUT2D eigenvalue weighted by molar-refractivity contribution is 7.86. The molecule has 22 heavy (non-hydrogen) atoms. The molecule has 118 valence electrons. The lowest BCUT2D eigenvalue weighted by molar-refractivity contribution is -0.114. The molecule has 0 spiro atoms. The van der Waals surface area contributed by atoms with Gasteiger partial charge >= 0.3 is 0 Å². The first-order valence-electron chi connectivity index (χ1n) is 8.21. The molecular formula is C18H21ClO2S. The predicted octanol–water partition coefficient (Wildman–Crippen LogP) is 4.23. The zero-order valence-electron chi connectivity index (χ0n) is 12.5. The summed E-state index contributed by atoms with van der Waals surface area (Å²) in [7, 11) is -1.27. The van der Waals surface area contributed by atoms with Crippen LogP contribution < -0.4 is 0 Å². The average molecular weight is 337 g/mol. The van der Waals surface area contributed by atoms with E-state index in [-0.39, 0.29) is 10.7 Å². The Labute approximate surface area is 139 Å². The molecule has 4 saturated carbocycles. The molecule has 0 aromatic heterocycles. The van der Waals surface area contributed by atoms with Crippen LogP contribution in [-0.4, -0.2) is 15.7 Å². The number of hydrogen-bond donors (Lipinski definition) is 0. The molecule has 0 radical (unpaired) electrons. The fourth-order valence-electron chi connectivity index (χ4n) is 5.66. The van der Waals surface area contributed by atoms with Gasteiger partial charge in [-0.05, 0) is 86.0 Å². The zero-order chi connectivity index (χ0) is 15.3. The Morgan fingerprint density at radius 3 is 2.00 bits per heavy atom. The smallest absolute Gasteiger partial charge is 0.136 e. The van der Waals surface area contributed by atoms with Crippen LogP contribution in [0.1, 0.15) is 38.5 Å². The number of benzene rings is 1. The summed E-state index contributed by atoms with van der Waals surface area (Å²) in [5, 5.41) is 0.278. The van der Waals surface area contributed by atoms with E-state index in [1.165, 1.54) is 19.3 Å². The lowest BCUT2D eigenvalue weighted by atomic mass is 9.49. The Kier molecular flexibility index (Phi) is 3.69. The van der Waals surface area contributed by atoms with Crippen LogP contribution in [0.4, 0.5) is 0 Å². The summed E-state index contributed by atoms with van der Waals surface area (Å²) >= 11 is 5.92. The maximum atomic E-state index is 13.0. The molecule has 2 unspecified atom stereocenters. The van der Waals surface area contributed by atoms with Crippen LogP contribution >= 0.6 is 11.6 Å². The van der Waals surface area contributed by atoms with Crippen molar-refractivity contribution in [3.8, 4) is 0 Å². The summed E-state index contributed by atoms with van der Waals surface area (Å²) in [6.07, 6.45) is 8.28. The molecule has 1 aromatic rings. The Morgan fingerprint density at radius 1 is 1.05 bits per heavy atom. The van der Waals surface area contributed by atoms with Crippen LogP contribution in [0.3, 0.4) is 0 Å². The van der Waals surface area contributed by atoms with Crippen LogP contribution in [0, 0.1) is 23.2 Å². The van der Waals surface area contributed by atoms with E-state index in [4.69, 9.17) is 11.6 Å². The summed E-state index contributed by atoms with van der Waals surface area (Å²) < 4.78 is 13.0. The normalized spacial score (nSPS) is 38.7. The fraction of sp³-hybridized carbons (Fsp3) is 0.611. The SMILES string of the molecule is O=CC(S(=O)c1ccc(Cl)cc1)C12CC3CC(CC(C3)C1)C2. The van der Waals surface area contributed by atoms with Crippen LogP contribution in [0.15, 0.2) is 29.2 Å². The highest BCUT2D eigenvalue weighted by Gasteiger charge is 2.55. The molecule has 2 nitrogen and oxygen atoms in total. The lowest BCUT2D eigenvalue weighted by Crippen LogP contribution is -2.53. The first-order valence-corrected chi connectivity index (χ1v) is 9.80. The van der Waals surface area contributed by atoms with Crippen LogP contribution in [0.25, 0.3) is 0 Å². The molecule has 0 heterocycles. The third-order valence-corrected chi connectivity index (χ3v) is 8.15. The Morgan fingerprint density at radius 2 is 1.55 bits per heavy atom.